The minimum Gasteiger partial charge on any atom is -0.423 e. The van der Waals surface area contributed by atoms with Crippen molar-refractivity contribution in [2.45, 2.75) is 0 Å². The number of hydrogen-bond acceptors (Lipinski definition) is 4. The molecule has 0 amide bonds. The molecular formula is C16H13B2Br2FO4. The highest BCUT2D eigenvalue weighted by atomic mass is 79.9. The third-order valence-electron chi connectivity index (χ3n) is 3.44. The van der Waals surface area contributed by atoms with E-state index in [-0.39, 0.29) is 9.94 Å². The molecule has 0 heterocycles. The van der Waals surface area contributed by atoms with Crippen molar-refractivity contribution in [1.82, 2.24) is 0 Å². The van der Waals surface area contributed by atoms with Crippen LogP contribution in [0.1, 0.15) is 0 Å². The van der Waals surface area contributed by atoms with Gasteiger partial charge in [-0.15, -0.1) is 0 Å². The Morgan fingerprint density at radius 2 is 1.24 bits per heavy atom. The van der Waals surface area contributed by atoms with Crippen LogP contribution in [0.5, 0.6) is 0 Å². The second-order valence-corrected chi connectivity index (χ2v) is 6.78. The molecule has 0 fully saturated rings. The third-order valence-corrected chi connectivity index (χ3v) is 4.75. The largest absolute Gasteiger partial charge is 0.491 e. The fraction of sp³-hybridized carbons (Fsp3) is 0. The van der Waals surface area contributed by atoms with E-state index >= 15 is 0 Å². The molecule has 3 aromatic rings. The van der Waals surface area contributed by atoms with Gasteiger partial charge in [0, 0.05) is 9.94 Å². The van der Waals surface area contributed by atoms with Gasteiger partial charge in [0.1, 0.15) is 5.82 Å². The van der Waals surface area contributed by atoms with Crippen LogP contribution in [-0.4, -0.2) is 34.3 Å². The van der Waals surface area contributed by atoms with Crippen LogP contribution in [-0.2, 0) is 0 Å². The maximum Gasteiger partial charge on any atom is 0.491 e. The molecule has 3 aromatic carbocycles. The lowest BCUT2D eigenvalue weighted by Gasteiger charge is -2.06. The van der Waals surface area contributed by atoms with Crippen LogP contribution in [0.15, 0.2) is 63.5 Å². The highest BCUT2D eigenvalue weighted by molar-refractivity contribution is 9.11. The van der Waals surface area contributed by atoms with Crippen LogP contribution in [0.25, 0.3) is 10.8 Å². The van der Waals surface area contributed by atoms with Gasteiger partial charge >= 0.3 is 14.2 Å². The van der Waals surface area contributed by atoms with E-state index in [1.54, 1.807) is 6.07 Å². The summed E-state index contributed by atoms with van der Waals surface area (Å²) in [6, 6.07) is 15.4. The summed E-state index contributed by atoms with van der Waals surface area (Å²) in [5.41, 5.74) is 0.406. The lowest BCUT2D eigenvalue weighted by atomic mass is 9.77. The summed E-state index contributed by atoms with van der Waals surface area (Å²) in [4.78, 5) is 0. The summed E-state index contributed by atoms with van der Waals surface area (Å²) in [6.07, 6.45) is 0. The molecule has 3 rings (SSSR count). The fourth-order valence-electron chi connectivity index (χ4n) is 2.23. The Labute approximate surface area is 161 Å². The minimum absolute atomic E-state index is 0.126. The molecule has 4 nitrogen and oxygen atoms in total. The van der Waals surface area contributed by atoms with Crippen LogP contribution in [0.3, 0.4) is 0 Å². The predicted molar refractivity (Wildman–Crippen MR) is 105 cm³/mol. The van der Waals surface area contributed by atoms with Crippen LogP contribution in [0, 0.1) is 5.82 Å². The third kappa shape index (κ3) is 4.91. The molecule has 0 aliphatic rings. The zero-order valence-electron chi connectivity index (χ0n) is 12.8. The fourth-order valence-corrected chi connectivity index (χ4v) is 3.09. The summed E-state index contributed by atoms with van der Waals surface area (Å²) in [6.45, 7) is 0. The minimum atomic E-state index is -1.76. The zero-order chi connectivity index (χ0) is 18.6. The van der Waals surface area contributed by atoms with E-state index in [4.69, 9.17) is 20.1 Å². The molecule has 25 heavy (non-hydrogen) atoms. The summed E-state index contributed by atoms with van der Waals surface area (Å²) in [5.74, 6) is -0.637. The Balaban J connectivity index is 0.000000186. The van der Waals surface area contributed by atoms with Gasteiger partial charge in [0.2, 0.25) is 0 Å². The lowest BCUT2D eigenvalue weighted by Crippen LogP contribution is -2.32. The quantitative estimate of drug-likeness (QED) is 0.430. The first kappa shape index (κ1) is 20.1. The summed E-state index contributed by atoms with van der Waals surface area (Å²) >= 11 is 6.33. The predicted octanol–water partition coefficient (Wildman–Crippen LogP) is 1.55. The maximum atomic E-state index is 12.9. The van der Waals surface area contributed by atoms with Gasteiger partial charge in [0.15, 0.2) is 0 Å². The molecule has 0 saturated heterocycles. The van der Waals surface area contributed by atoms with Gasteiger partial charge in [0.25, 0.3) is 0 Å². The highest BCUT2D eigenvalue weighted by Gasteiger charge is 2.17. The van der Waals surface area contributed by atoms with Gasteiger partial charge in [-0.25, -0.2) is 4.39 Å². The average molecular weight is 470 g/mol. The SMILES string of the molecule is OB(O)c1ccc(Br)c2ccccc12.OB(O)c1cccc(Br)c1F. The van der Waals surface area contributed by atoms with Crippen LogP contribution in [0.4, 0.5) is 4.39 Å². The molecule has 0 spiro atoms. The standard InChI is InChI=1S/C10H8BBrO2.C6H5BBrFO2/c12-10-6-5-9(11(13)14)7-3-1-2-4-8(7)10;8-5-3-1-2-4(6(5)9)7(10)11/h1-6,13-14H;1-3,10-11H. The number of fused-ring (bicyclic) bond motifs is 1. The van der Waals surface area contributed by atoms with Gasteiger partial charge in [-0.2, -0.15) is 0 Å². The van der Waals surface area contributed by atoms with Crippen molar-refractivity contribution in [3.05, 3.63) is 69.4 Å². The molecular weight excluding hydrogens is 457 g/mol. The second kappa shape index (κ2) is 8.93. The van der Waals surface area contributed by atoms with E-state index in [2.05, 4.69) is 31.9 Å². The molecule has 0 saturated carbocycles. The number of hydrogen-bond donors (Lipinski definition) is 4. The highest BCUT2D eigenvalue weighted by Crippen LogP contribution is 2.22. The van der Waals surface area contributed by atoms with Gasteiger partial charge in [-0.3, -0.25) is 0 Å². The Hall–Kier alpha value is -1.22. The van der Waals surface area contributed by atoms with Gasteiger partial charge in [0.05, 0.1) is 4.47 Å². The Kier molecular flexibility index (Phi) is 7.18. The zero-order valence-corrected chi connectivity index (χ0v) is 15.9. The smallest absolute Gasteiger partial charge is 0.423 e. The summed E-state index contributed by atoms with van der Waals surface area (Å²) in [5, 5.41) is 37.4. The summed E-state index contributed by atoms with van der Waals surface area (Å²) < 4.78 is 14.1. The molecule has 0 aromatic heterocycles. The Morgan fingerprint density at radius 3 is 1.80 bits per heavy atom. The summed E-state index contributed by atoms with van der Waals surface area (Å²) in [7, 11) is -3.18. The van der Waals surface area contributed by atoms with Crippen LogP contribution in [0.2, 0.25) is 0 Å². The van der Waals surface area contributed by atoms with Crippen molar-refractivity contribution in [3.8, 4) is 0 Å². The Morgan fingerprint density at radius 1 is 0.640 bits per heavy atom. The Bertz CT molecular complexity index is 878. The molecule has 0 radical (unpaired) electrons. The van der Waals surface area contributed by atoms with Crippen LogP contribution >= 0.6 is 31.9 Å². The average Bonchev–Trinajstić information content (AvgIpc) is 2.58. The van der Waals surface area contributed by atoms with Gasteiger partial charge in [-0.05, 0) is 44.3 Å². The van der Waals surface area contributed by atoms with Gasteiger partial charge in [-0.1, -0.05) is 58.4 Å². The first-order chi connectivity index (χ1) is 11.8. The van der Waals surface area contributed by atoms with Crippen molar-refractivity contribution in [1.29, 1.82) is 0 Å². The molecule has 0 aliphatic heterocycles. The molecule has 0 aliphatic carbocycles. The number of halogens is 3. The molecule has 128 valence electrons. The van der Waals surface area contributed by atoms with Crippen molar-refractivity contribution in [3.63, 3.8) is 0 Å². The molecule has 9 heteroatoms. The molecule has 0 unspecified atom stereocenters. The number of rotatable bonds is 2. The van der Waals surface area contributed by atoms with E-state index in [1.807, 2.05) is 30.3 Å². The van der Waals surface area contributed by atoms with Crippen molar-refractivity contribution in [2.24, 2.45) is 0 Å². The van der Waals surface area contributed by atoms with Crippen LogP contribution < -0.4 is 10.9 Å². The van der Waals surface area contributed by atoms with E-state index in [0.717, 1.165) is 15.2 Å². The molecule has 0 bridgehead atoms. The van der Waals surface area contributed by atoms with E-state index in [9.17, 15) is 4.39 Å². The van der Waals surface area contributed by atoms with Gasteiger partial charge < -0.3 is 20.1 Å². The lowest BCUT2D eigenvalue weighted by molar-refractivity contribution is 0.422. The second-order valence-electron chi connectivity index (χ2n) is 5.07. The van der Waals surface area contributed by atoms with Crippen molar-refractivity contribution < 1.29 is 24.5 Å². The first-order valence-corrected chi connectivity index (χ1v) is 8.75. The van der Waals surface area contributed by atoms with E-state index in [0.29, 0.717) is 5.46 Å². The monoisotopic (exact) mass is 468 g/mol. The first-order valence-electron chi connectivity index (χ1n) is 7.16. The van der Waals surface area contributed by atoms with Crippen molar-refractivity contribution in [2.75, 3.05) is 0 Å². The number of benzene rings is 3. The molecule has 0 atom stereocenters. The van der Waals surface area contributed by atoms with E-state index in [1.165, 1.54) is 18.2 Å². The topological polar surface area (TPSA) is 80.9 Å². The molecule has 4 N–H and O–H groups in total. The normalized spacial score (nSPS) is 10.2. The van der Waals surface area contributed by atoms with E-state index < -0.39 is 20.1 Å². The van der Waals surface area contributed by atoms with Crippen molar-refractivity contribution >= 4 is 67.8 Å². The maximum absolute atomic E-state index is 12.9.